The molecule has 1 aromatic heterocycles. The first kappa shape index (κ1) is 44.7. The zero-order valence-electron chi connectivity index (χ0n) is 35.0. The second-order valence-corrected chi connectivity index (χ2v) is 16.6. The van der Waals surface area contributed by atoms with E-state index in [1.54, 1.807) is 31.1 Å². The lowest BCUT2D eigenvalue weighted by molar-refractivity contribution is -0.295. The van der Waals surface area contributed by atoms with Crippen LogP contribution in [0.4, 0.5) is 4.79 Å². The molecule has 310 valence electrons. The predicted molar refractivity (Wildman–Crippen MR) is 205 cm³/mol. The molecule has 0 radical (unpaired) electrons. The van der Waals surface area contributed by atoms with Gasteiger partial charge in [0.15, 0.2) is 17.7 Å². The Morgan fingerprint density at radius 1 is 1.04 bits per heavy atom. The summed E-state index contributed by atoms with van der Waals surface area (Å²) in [5.41, 5.74) is -1.61. The molecule has 0 bridgehead atoms. The van der Waals surface area contributed by atoms with E-state index in [0.29, 0.717) is 19.5 Å². The van der Waals surface area contributed by atoms with Crippen molar-refractivity contribution in [2.75, 3.05) is 41.3 Å². The van der Waals surface area contributed by atoms with Crippen molar-refractivity contribution >= 4 is 23.6 Å². The Morgan fingerprint density at radius 3 is 2.31 bits per heavy atom. The van der Waals surface area contributed by atoms with E-state index in [9.17, 15) is 24.3 Å². The van der Waals surface area contributed by atoms with Crippen LogP contribution in [0, 0.1) is 23.7 Å². The lowest BCUT2D eigenvalue weighted by Gasteiger charge is -2.47. The van der Waals surface area contributed by atoms with Crippen LogP contribution in [-0.4, -0.2) is 144 Å². The van der Waals surface area contributed by atoms with Gasteiger partial charge in [0.1, 0.15) is 23.9 Å². The molecule has 3 aliphatic heterocycles. The molecule has 3 fully saturated rings. The minimum Gasteiger partial charge on any atom is -0.457 e. The third kappa shape index (κ3) is 9.42. The number of Topliss-reactive ketones (excluding diaryl/α,β-unsaturated/α-hetero) is 2. The smallest absolute Gasteiger partial charge is 0.410 e. The van der Waals surface area contributed by atoms with E-state index < -0.39 is 83.4 Å². The van der Waals surface area contributed by atoms with Gasteiger partial charge in [0.05, 0.1) is 23.9 Å². The Balaban J connectivity index is 1.76. The zero-order valence-corrected chi connectivity index (χ0v) is 35.0. The molecule has 14 nitrogen and oxygen atoms in total. The van der Waals surface area contributed by atoms with Gasteiger partial charge in [-0.1, -0.05) is 40.7 Å². The number of hydrogen-bond donors (Lipinski definition) is 1. The first-order chi connectivity index (χ1) is 25.8. The molecular formula is C41H66N4O10. The first-order valence-electron chi connectivity index (χ1n) is 19.9. The number of ether oxygens (including phenoxy) is 5. The minimum absolute atomic E-state index is 0.134. The van der Waals surface area contributed by atoms with Gasteiger partial charge in [-0.05, 0) is 79.2 Å². The highest BCUT2D eigenvalue weighted by Gasteiger charge is 2.62. The topological polar surface area (TPSA) is 157 Å². The molecule has 1 aromatic rings. The van der Waals surface area contributed by atoms with Crippen LogP contribution in [0.1, 0.15) is 86.6 Å². The minimum atomic E-state index is -1.36. The quantitative estimate of drug-likeness (QED) is 0.253. The average molecular weight is 775 g/mol. The zero-order chi connectivity index (χ0) is 41.0. The third-order valence-electron chi connectivity index (χ3n) is 12.4. The number of carbonyl (C=O) groups excluding carboxylic acids is 4. The van der Waals surface area contributed by atoms with Crippen molar-refractivity contribution in [1.29, 1.82) is 0 Å². The molecule has 1 N–H and O–H groups in total. The molecule has 55 heavy (non-hydrogen) atoms. The highest BCUT2D eigenvalue weighted by atomic mass is 16.7. The van der Waals surface area contributed by atoms with Crippen molar-refractivity contribution in [2.45, 2.75) is 142 Å². The number of rotatable bonds is 11. The fourth-order valence-corrected chi connectivity index (χ4v) is 9.16. The molecule has 0 aliphatic carbocycles. The Labute approximate surface area is 327 Å². The lowest BCUT2D eigenvalue weighted by atomic mass is 9.72. The molecule has 0 spiro atoms. The van der Waals surface area contributed by atoms with E-state index in [1.807, 2.05) is 72.8 Å². The van der Waals surface area contributed by atoms with Crippen LogP contribution < -0.4 is 0 Å². The molecule has 0 saturated carbocycles. The van der Waals surface area contributed by atoms with Gasteiger partial charge < -0.3 is 38.6 Å². The maximum atomic E-state index is 14.8. The Morgan fingerprint density at radius 2 is 1.73 bits per heavy atom. The number of likely N-dealkylation sites (N-methyl/N-ethyl adjacent to an activating group) is 2. The second-order valence-electron chi connectivity index (χ2n) is 16.6. The maximum absolute atomic E-state index is 14.8. The summed E-state index contributed by atoms with van der Waals surface area (Å²) < 4.78 is 31.4. The fraction of sp³-hybridized carbons (Fsp3) is 0.780. The summed E-state index contributed by atoms with van der Waals surface area (Å²) in [6.45, 7) is 15.5. The molecule has 3 aliphatic rings. The van der Waals surface area contributed by atoms with Crippen molar-refractivity contribution in [3.8, 4) is 0 Å². The number of aliphatic hydroxyl groups excluding tert-OH is 1. The number of pyridine rings is 1. The van der Waals surface area contributed by atoms with E-state index in [-0.39, 0.29) is 43.7 Å². The summed E-state index contributed by atoms with van der Waals surface area (Å²) >= 11 is 0. The summed E-state index contributed by atoms with van der Waals surface area (Å²) in [5.74, 6) is -4.91. The lowest BCUT2D eigenvalue weighted by Crippen LogP contribution is -2.61. The molecular weight excluding hydrogens is 708 g/mol. The van der Waals surface area contributed by atoms with Crippen LogP contribution >= 0.6 is 0 Å². The van der Waals surface area contributed by atoms with Crippen LogP contribution in [0.2, 0.25) is 0 Å². The number of esters is 1. The summed E-state index contributed by atoms with van der Waals surface area (Å²) in [4.78, 5) is 66.9. The van der Waals surface area contributed by atoms with E-state index in [2.05, 4.69) is 9.88 Å². The Kier molecular flexibility index (Phi) is 15.0. The van der Waals surface area contributed by atoms with Gasteiger partial charge >= 0.3 is 12.1 Å². The van der Waals surface area contributed by atoms with Crippen molar-refractivity contribution < 1.29 is 48.0 Å². The number of aliphatic hydroxyl groups is 1. The van der Waals surface area contributed by atoms with Crippen LogP contribution in [0.25, 0.3) is 0 Å². The number of amides is 1. The summed E-state index contributed by atoms with van der Waals surface area (Å²) in [6, 6.07) is 2.80. The number of fused-ring (bicyclic) bond motifs is 1. The molecule has 0 aromatic carbocycles. The van der Waals surface area contributed by atoms with Crippen molar-refractivity contribution in [3.05, 3.63) is 30.1 Å². The SMILES string of the molecule is CC[C@H]1OC(=O)[C@H](C)C(=O)[C@H](C)[C@@H](OC2O[C@H](C)C[C@H](N(C)C)[C@H]2O)[C@@](C)(OC)C[C@@H](C)C(=O)[C@H](C)[C@H]2N(CCN(C)Cc3cccnc3)C(=O)O[C@]12CC. The van der Waals surface area contributed by atoms with Crippen molar-refractivity contribution in [2.24, 2.45) is 23.7 Å². The van der Waals surface area contributed by atoms with E-state index in [4.69, 9.17) is 23.7 Å². The number of carbonyl (C=O) groups is 4. The van der Waals surface area contributed by atoms with Gasteiger partial charge in [-0.2, -0.15) is 0 Å². The van der Waals surface area contributed by atoms with Gasteiger partial charge in [-0.25, -0.2) is 4.79 Å². The molecule has 13 atom stereocenters. The molecule has 14 heteroatoms. The number of cyclic esters (lactones) is 1. The van der Waals surface area contributed by atoms with Crippen LogP contribution in [-0.2, 0) is 44.6 Å². The normalized spacial score (nSPS) is 38.2. The van der Waals surface area contributed by atoms with Crippen LogP contribution in [0.5, 0.6) is 0 Å². The summed E-state index contributed by atoms with van der Waals surface area (Å²) in [6.07, 6.45) is -0.222. The van der Waals surface area contributed by atoms with Crippen molar-refractivity contribution in [1.82, 2.24) is 19.7 Å². The van der Waals surface area contributed by atoms with E-state index >= 15 is 0 Å². The summed E-state index contributed by atoms with van der Waals surface area (Å²) in [7, 11) is 7.20. The largest absolute Gasteiger partial charge is 0.457 e. The average Bonchev–Trinajstić information content (AvgIpc) is 3.45. The van der Waals surface area contributed by atoms with Crippen molar-refractivity contribution in [3.63, 3.8) is 0 Å². The second kappa shape index (κ2) is 18.5. The van der Waals surface area contributed by atoms with E-state index in [1.165, 1.54) is 14.0 Å². The van der Waals surface area contributed by atoms with Crippen LogP contribution in [0.3, 0.4) is 0 Å². The number of methoxy groups -OCH3 is 1. The highest BCUT2D eigenvalue weighted by molar-refractivity contribution is 6.00. The number of nitrogens with zero attached hydrogens (tertiary/aromatic N) is 4. The van der Waals surface area contributed by atoms with Gasteiger partial charge in [0.25, 0.3) is 0 Å². The predicted octanol–water partition coefficient (Wildman–Crippen LogP) is 4.11. The van der Waals surface area contributed by atoms with Gasteiger partial charge in [-0.3, -0.25) is 24.3 Å². The Hall–Kier alpha value is -3.01. The maximum Gasteiger partial charge on any atom is 0.410 e. The number of hydrogen-bond acceptors (Lipinski definition) is 13. The summed E-state index contributed by atoms with van der Waals surface area (Å²) in [5, 5.41) is 11.4. The van der Waals surface area contributed by atoms with Gasteiger partial charge in [-0.15, -0.1) is 0 Å². The number of ketones is 2. The third-order valence-corrected chi connectivity index (χ3v) is 12.4. The highest BCUT2D eigenvalue weighted by Crippen LogP contribution is 2.44. The van der Waals surface area contributed by atoms with Crippen LogP contribution in [0.15, 0.2) is 24.5 Å². The first-order valence-corrected chi connectivity index (χ1v) is 19.9. The van der Waals surface area contributed by atoms with Gasteiger partial charge in [0, 0.05) is 62.9 Å². The number of aromatic nitrogens is 1. The fourth-order valence-electron chi connectivity index (χ4n) is 9.16. The van der Waals surface area contributed by atoms with Gasteiger partial charge in [0.2, 0.25) is 0 Å². The molecule has 4 heterocycles. The standard InChI is InChI=1S/C41H66N4O10/c1-13-31-41(14-2)35(45(39(50)55-41)19-18-44(11)23-29-16-15-17-42-22-29)26(5)32(46)24(3)21-40(8,51-12)36(27(6)33(47)28(7)37(49)53-31)54-38-34(48)30(43(9)10)20-25(4)52-38/h15-17,22,24-28,30-31,34-36,38,48H,13-14,18-21,23H2,1-12H3/t24-,25-,26+,27+,28-,30+,31-,34-,35-,36-,38?,40+,41-/m1/s1. The molecule has 4 rings (SSSR count). The Bertz CT molecular complexity index is 1480. The molecule has 1 unspecified atom stereocenters. The molecule has 3 saturated heterocycles. The van der Waals surface area contributed by atoms with E-state index in [0.717, 1.165) is 5.56 Å². The monoisotopic (exact) mass is 774 g/mol. The molecule has 1 amide bonds.